The molecule has 4 rings (SSSR count). The third-order valence-corrected chi connectivity index (χ3v) is 4.55. The second kappa shape index (κ2) is 4.93. The molecule has 1 N–H and O–H groups in total. The summed E-state index contributed by atoms with van der Waals surface area (Å²) in [5.41, 5.74) is 1.78. The monoisotopic (exact) mass is 295 g/mol. The van der Waals surface area contributed by atoms with Crippen LogP contribution in [0.25, 0.3) is 0 Å². The maximum atomic E-state index is 11.9. The minimum atomic E-state index is -1.23. The van der Waals surface area contributed by atoms with E-state index in [1.54, 1.807) is 0 Å². The standard InChI is InChI=1S/C18H17NO3/c20-17(21)18-12-19(10-13-6-2-1-3-7-13)11-16(22-18)14-8-4-5-9-15(14)18/h1-9,16H,10-12H2,(H,20,21). The Bertz CT molecular complexity index is 715. The highest BCUT2D eigenvalue weighted by Crippen LogP contribution is 2.48. The number of rotatable bonds is 3. The Labute approximate surface area is 128 Å². The first-order valence-electron chi connectivity index (χ1n) is 7.46. The van der Waals surface area contributed by atoms with Crippen molar-refractivity contribution in [3.63, 3.8) is 0 Å². The molecule has 2 heterocycles. The largest absolute Gasteiger partial charge is 0.479 e. The zero-order valence-electron chi connectivity index (χ0n) is 12.1. The maximum absolute atomic E-state index is 11.9. The van der Waals surface area contributed by atoms with Gasteiger partial charge in [0.2, 0.25) is 5.60 Å². The number of benzene rings is 2. The molecule has 112 valence electrons. The number of aliphatic carboxylic acids is 1. The van der Waals surface area contributed by atoms with Crippen LogP contribution in [-0.4, -0.2) is 29.1 Å². The lowest BCUT2D eigenvalue weighted by Gasteiger charge is -2.38. The summed E-state index contributed by atoms with van der Waals surface area (Å²) in [7, 11) is 0. The Morgan fingerprint density at radius 2 is 1.91 bits per heavy atom. The van der Waals surface area contributed by atoms with Crippen LogP contribution in [0.3, 0.4) is 0 Å². The molecule has 2 aliphatic heterocycles. The first-order chi connectivity index (χ1) is 10.7. The molecule has 4 nitrogen and oxygen atoms in total. The van der Waals surface area contributed by atoms with Crippen LogP contribution in [0.5, 0.6) is 0 Å². The Morgan fingerprint density at radius 1 is 1.18 bits per heavy atom. The van der Waals surface area contributed by atoms with Crippen molar-refractivity contribution in [2.45, 2.75) is 18.2 Å². The van der Waals surface area contributed by atoms with Crippen molar-refractivity contribution in [2.75, 3.05) is 13.1 Å². The van der Waals surface area contributed by atoms with Crippen molar-refractivity contribution in [3.8, 4) is 0 Å². The van der Waals surface area contributed by atoms with E-state index >= 15 is 0 Å². The summed E-state index contributed by atoms with van der Waals surface area (Å²) in [6.45, 7) is 1.84. The highest BCUT2D eigenvalue weighted by atomic mass is 16.5. The fourth-order valence-corrected chi connectivity index (χ4v) is 3.58. The van der Waals surface area contributed by atoms with E-state index in [1.165, 1.54) is 5.56 Å². The fourth-order valence-electron chi connectivity index (χ4n) is 3.58. The number of carboxylic acids is 1. The summed E-state index contributed by atoms with van der Waals surface area (Å²) < 4.78 is 5.94. The van der Waals surface area contributed by atoms with Gasteiger partial charge in [-0.15, -0.1) is 0 Å². The van der Waals surface area contributed by atoms with Crippen LogP contribution in [0, 0.1) is 0 Å². The number of fused-ring (bicyclic) bond motifs is 5. The van der Waals surface area contributed by atoms with Gasteiger partial charge in [-0.05, 0) is 11.1 Å². The lowest BCUT2D eigenvalue weighted by molar-refractivity contribution is -0.189. The van der Waals surface area contributed by atoms with E-state index < -0.39 is 11.6 Å². The quantitative estimate of drug-likeness (QED) is 0.945. The molecular weight excluding hydrogens is 278 g/mol. The number of carbonyl (C=O) groups is 1. The van der Waals surface area contributed by atoms with Gasteiger partial charge in [0.25, 0.3) is 0 Å². The van der Waals surface area contributed by atoms with Gasteiger partial charge in [-0.25, -0.2) is 4.79 Å². The SMILES string of the molecule is O=C(O)C12CN(Cc3ccccc3)CC(O1)c1ccccc12. The molecule has 0 amide bonds. The molecule has 2 aliphatic rings. The van der Waals surface area contributed by atoms with Gasteiger partial charge in [-0.2, -0.15) is 0 Å². The minimum Gasteiger partial charge on any atom is -0.479 e. The normalized spacial score (nSPS) is 26.6. The molecule has 2 unspecified atom stereocenters. The second-order valence-corrected chi connectivity index (χ2v) is 5.98. The minimum absolute atomic E-state index is 0.162. The third kappa shape index (κ3) is 1.95. The molecule has 2 atom stereocenters. The molecule has 4 heteroatoms. The molecule has 0 radical (unpaired) electrons. The molecule has 1 saturated heterocycles. The predicted molar refractivity (Wildman–Crippen MR) is 81.3 cm³/mol. The Morgan fingerprint density at radius 3 is 2.68 bits per heavy atom. The average Bonchev–Trinajstić information content (AvgIpc) is 2.78. The molecule has 0 aromatic heterocycles. The summed E-state index contributed by atoms with van der Waals surface area (Å²) in [4.78, 5) is 14.1. The number of carboxylic acid groups (broad SMARTS) is 1. The van der Waals surface area contributed by atoms with Crippen LogP contribution in [0.1, 0.15) is 22.8 Å². The van der Waals surface area contributed by atoms with Crippen molar-refractivity contribution in [3.05, 3.63) is 71.3 Å². The molecule has 2 aromatic rings. The highest BCUT2D eigenvalue weighted by molar-refractivity contribution is 5.82. The van der Waals surface area contributed by atoms with Crippen molar-refractivity contribution >= 4 is 5.97 Å². The van der Waals surface area contributed by atoms with Crippen LogP contribution in [0.2, 0.25) is 0 Å². The summed E-state index contributed by atoms with van der Waals surface area (Å²) in [6, 6.07) is 17.8. The molecule has 1 fully saturated rings. The number of ether oxygens (including phenoxy) is 1. The molecule has 22 heavy (non-hydrogen) atoms. The lowest BCUT2D eigenvalue weighted by Crippen LogP contribution is -2.50. The number of hydrogen-bond acceptors (Lipinski definition) is 3. The van der Waals surface area contributed by atoms with Gasteiger partial charge in [0.15, 0.2) is 0 Å². The summed E-state index contributed by atoms with van der Waals surface area (Å²) >= 11 is 0. The second-order valence-electron chi connectivity index (χ2n) is 5.98. The molecule has 2 bridgehead atoms. The first kappa shape index (κ1) is 13.5. The Kier molecular flexibility index (Phi) is 3.03. The molecule has 2 aromatic carbocycles. The van der Waals surface area contributed by atoms with Crippen molar-refractivity contribution in [2.24, 2.45) is 0 Å². The van der Waals surface area contributed by atoms with Crippen molar-refractivity contribution < 1.29 is 14.6 Å². The summed E-state index contributed by atoms with van der Waals surface area (Å²) in [5, 5.41) is 9.79. The smallest absolute Gasteiger partial charge is 0.342 e. The van der Waals surface area contributed by atoms with Gasteiger partial charge >= 0.3 is 5.97 Å². The van der Waals surface area contributed by atoms with E-state index in [9.17, 15) is 9.90 Å². The van der Waals surface area contributed by atoms with Gasteiger partial charge in [0.05, 0.1) is 6.10 Å². The van der Waals surface area contributed by atoms with Gasteiger partial charge in [-0.3, -0.25) is 4.90 Å². The van der Waals surface area contributed by atoms with Gasteiger partial charge < -0.3 is 9.84 Å². The predicted octanol–water partition coefficient (Wildman–Crippen LogP) is 2.55. The van der Waals surface area contributed by atoms with Crippen LogP contribution in [-0.2, 0) is 21.7 Å². The Hall–Kier alpha value is -2.17. The van der Waals surface area contributed by atoms with E-state index in [2.05, 4.69) is 17.0 Å². The zero-order valence-corrected chi connectivity index (χ0v) is 12.1. The molecular formula is C18H17NO3. The molecule has 0 spiro atoms. The number of nitrogens with zero attached hydrogens (tertiary/aromatic N) is 1. The first-order valence-corrected chi connectivity index (χ1v) is 7.46. The number of morpholine rings is 1. The highest BCUT2D eigenvalue weighted by Gasteiger charge is 2.55. The van der Waals surface area contributed by atoms with Crippen LogP contribution < -0.4 is 0 Å². The molecule has 0 aliphatic carbocycles. The van der Waals surface area contributed by atoms with E-state index in [1.807, 2.05) is 42.5 Å². The fraction of sp³-hybridized carbons (Fsp3) is 0.278. The topological polar surface area (TPSA) is 49.8 Å². The van der Waals surface area contributed by atoms with Gasteiger partial charge in [-0.1, -0.05) is 54.6 Å². The van der Waals surface area contributed by atoms with Gasteiger partial charge in [0, 0.05) is 25.2 Å². The summed E-state index contributed by atoms with van der Waals surface area (Å²) in [6.07, 6.45) is -0.162. The Balaban J connectivity index is 1.68. The molecule has 0 saturated carbocycles. The van der Waals surface area contributed by atoms with E-state index in [-0.39, 0.29) is 6.10 Å². The van der Waals surface area contributed by atoms with E-state index in [4.69, 9.17) is 4.74 Å². The number of hydrogen-bond donors (Lipinski definition) is 1. The zero-order chi connectivity index (χ0) is 15.2. The van der Waals surface area contributed by atoms with Crippen molar-refractivity contribution in [1.29, 1.82) is 0 Å². The van der Waals surface area contributed by atoms with E-state index in [0.29, 0.717) is 6.54 Å². The van der Waals surface area contributed by atoms with Crippen molar-refractivity contribution in [1.82, 2.24) is 4.90 Å². The van der Waals surface area contributed by atoms with Crippen LogP contribution >= 0.6 is 0 Å². The lowest BCUT2D eigenvalue weighted by atomic mass is 9.92. The maximum Gasteiger partial charge on any atom is 0.342 e. The summed E-state index contributed by atoms with van der Waals surface area (Å²) in [5.74, 6) is -0.903. The van der Waals surface area contributed by atoms with Gasteiger partial charge in [0.1, 0.15) is 0 Å². The third-order valence-electron chi connectivity index (χ3n) is 4.55. The van der Waals surface area contributed by atoms with E-state index in [0.717, 1.165) is 24.2 Å². The average molecular weight is 295 g/mol. The van der Waals surface area contributed by atoms with Crippen LogP contribution in [0.15, 0.2) is 54.6 Å². The van der Waals surface area contributed by atoms with Crippen LogP contribution in [0.4, 0.5) is 0 Å².